The molecule has 0 aliphatic heterocycles. The molecule has 1 aromatic rings. The Morgan fingerprint density at radius 2 is 2.21 bits per heavy atom. The molecule has 3 N–H and O–H groups in total. The number of carbonyl (C=O) groups excluding carboxylic acids is 1. The Morgan fingerprint density at radius 3 is 2.71 bits per heavy atom. The SMILES string of the molecule is Cc1ccc(NC(=O)[C@H](C)N)cc1F. The van der Waals surface area contributed by atoms with E-state index >= 15 is 0 Å². The van der Waals surface area contributed by atoms with Gasteiger partial charge in [0.05, 0.1) is 6.04 Å². The third kappa shape index (κ3) is 2.53. The van der Waals surface area contributed by atoms with Crippen LogP contribution in [0.4, 0.5) is 10.1 Å². The Bertz CT molecular complexity index is 350. The van der Waals surface area contributed by atoms with Crippen molar-refractivity contribution in [2.75, 3.05) is 5.32 Å². The van der Waals surface area contributed by atoms with E-state index in [0.717, 1.165) is 0 Å². The third-order valence-electron chi connectivity index (χ3n) is 1.85. The molecule has 14 heavy (non-hydrogen) atoms. The first-order valence-electron chi connectivity index (χ1n) is 4.33. The van der Waals surface area contributed by atoms with Crippen LogP contribution < -0.4 is 11.1 Å². The molecule has 0 aliphatic carbocycles. The minimum Gasteiger partial charge on any atom is -0.325 e. The van der Waals surface area contributed by atoms with Gasteiger partial charge in [-0.25, -0.2) is 4.39 Å². The van der Waals surface area contributed by atoms with Gasteiger partial charge in [-0.05, 0) is 31.5 Å². The van der Waals surface area contributed by atoms with Gasteiger partial charge in [-0.15, -0.1) is 0 Å². The third-order valence-corrected chi connectivity index (χ3v) is 1.85. The van der Waals surface area contributed by atoms with Crippen LogP contribution in [0.25, 0.3) is 0 Å². The zero-order valence-corrected chi connectivity index (χ0v) is 8.17. The molecule has 0 aromatic heterocycles. The van der Waals surface area contributed by atoms with Crippen LogP contribution in [0.5, 0.6) is 0 Å². The molecule has 0 heterocycles. The molecule has 1 aromatic carbocycles. The monoisotopic (exact) mass is 196 g/mol. The number of hydrogen-bond donors (Lipinski definition) is 2. The Hall–Kier alpha value is -1.42. The van der Waals surface area contributed by atoms with Crippen molar-refractivity contribution in [1.29, 1.82) is 0 Å². The van der Waals surface area contributed by atoms with Crippen LogP contribution in [-0.2, 0) is 4.79 Å². The number of nitrogens with one attached hydrogen (secondary N) is 1. The van der Waals surface area contributed by atoms with E-state index in [-0.39, 0.29) is 11.7 Å². The fourth-order valence-corrected chi connectivity index (χ4v) is 0.927. The van der Waals surface area contributed by atoms with Crippen LogP contribution in [0.3, 0.4) is 0 Å². The van der Waals surface area contributed by atoms with E-state index in [1.165, 1.54) is 6.07 Å². The van der Waals surface area contributed by atoms with E-state index in [0.29, 0.717) is 11.3 Å². The summed E-state index contributed by atoms with van der Waals surface area (Å²) in [5.74, 6) is -0.666. The lowest BCUT2D eigenvalue weighted by atomic mass is 10.2. The molecule has 0 spiro atoms. The highest BCUT2D eigenvalue weighted by Crippen LogP contribution is 2.13. The maximum atomic E-state index is 13.0. The predicted molar refractivity (Wildman–Crippen MR) is 53.4 cm³/mol. The largest absolute Gasteiger partial charge is 0.325 e. The molecule has 0 bridgehead atoms. The van der Waals surface area contributed by atoms with Crippen LogP contribution >= 0.6 is 0 Å². The van der Waals surface area contributed by atoms with Gasteiger partial charge in [0.15, 0.2) is 0 Å². The first kappa shape index (κ1) is 10.7. The molecule has 0 fully saturated rings. The topological polar surface area (TPSA) is 55.1 Å². The minimum atomic E-state index is -0.598. The zero-order valence-electron chi connectivity index (χ0n) is 8.17. The molecule has 1 rings (SSSR count). The van der Waals surface area contributed by atoms with Gasteiger partial charge in [-0.2, -0.15) is 0 Å². The number of halogens is 1. The van der Waals surface area contributed by atoms with E-state index in [1.54, 1.807) is 26.0 Å². The Morgan fingerprint density at radius 1 is 1.57 bits per heavy atom. The van der Waals surface area contributed by atoms with Crippen molar-refractivity contribution >= 4 is 11.6 Å². The molecule has 3 nitrogen and oxygen atoms in total. The number of rotatable bonds is 2. The number of anilines is 1. The molecular formula is C10H13FN2O. The predicted octanol–water partition coefficient (Wildman–Crippen LogP) is 1.42. The summed E-state index contributed by atoms with van der Waals surface area (Å²) in [5.41, 5.74) is 6.32. The maximum Gasteiger partial charge on any atom is 0.241 e. The summed E-state index contributed by atoms with van der Waals surface area (Å²) in [5, 5.41) is 2.51. The highest BCUT2D eigenvalue weighted by Gasteiger charge is 2.08. The Kier molecular flexibility index (Phi) is 3.19. The molecule has 0 saturated carbocycles. The summed E-state index contributed by atoms with van der Waals surface area (Å²) in [6.45, 7) is 3.23. The van der Waals surface area contributed by atoms with E-state index in [1.807, 2.05) is 0 Å². The van der Waals surface area contributed by atoms with Crippen LogP contribution in [0, 0.1) is 12.7 Å². The summed E-state index contributed by atoms with van der Waals surface area (Å²) in [6, 6.07) is 3.92. The molecule has 76 valence electrons. The van der Waals surface area contributed by atoms with Crippen LogP contribution in [0.1, 0.15) is 12.5 Å². The first-order chi connectivity index (χ1) is 6.50. The van der Waals surface area contributed by atoms with Crippen molar-refractivity contribution in [3.8, 4) is 0 Å². The van der Waals surface area contributed by atoms with Gasteiger partial charge in [0.25, 0.3) is 0 Å². The molecule has 0 saturated heterocycles. The fourth-order valence-electron chi connectivity index (χ4n) is 0.927. The van der Waals surface area contributed by atoms with Crippen molar-refractivity contribution < 1.29 is 9.18 Å². The summed E-state index contributed by atoms with van der Waals surface area (Å²) >= 11 is 0. The Labute approximate surface area is 82.1 Å². The lowest BCUT2D eigenvalue weighted by Crippen LogP contribution is -2.32. The molecule has 1 atom stereocenters. The summed E-state index contributed by atoms with van der Waals surface area (Å²) < 4.78 is 13.0. The lowest BCUT2D eigenvalue weighted by Gasteiger charge is -2.08. The molecule has 4 heteroatoms. The van der Waals surface area contributed by atoms with Gasteiger partial charge in [-0.1, -0.05) is 6.07 Å². The number of amides is 1. The van der Waals surface area contributed by atoms with E-state index in [4.69, 9.17) is 5.73 Å². The minimum absolute atomic E-state index is 0.326. The average molecular weight is 196 g/mol. The number of benzene rings is 1. The van der Waals surface area contributed by atoms with Crippen LogP contribution in [0.2, 0.25) is 0 Å². The van der Waals surface area contributed by atoms with Gasteiger partial charge in [0.1, 0.15) is 5.82 Å². The summed E-state index contributed by atoms with van der Waals surface area (Å²) in [6.07, 6.45) is 0. The molecule has 0 aliphatic rings. The number of aryl methyl sites for hydroxylation is 1. The molecule has 1 amide bonds. The van der Waals surface area contributed by atoms with E-state index in [2.05, 4.69) is 5.32 Å². The normalized spacial score (nSPS) is 12.3. The highest BCUT2D eigenvalue weighted by atomic mass is 19.1. The van der Waals surface area contributed by atoms with Gasteiger partial charge < -0.3 is 11.1 Å². The van der Waals surface area contributed by atoms with Crippen molar-refractivity contribution in [3.05, 3.63) is 29.6 Å². The maximum absolute atomic E-state index is 13.0. The molecule has 0 unspecified atom stereocenters. The quantitative estimate of drug-likeness (QED) is 0.751. The standard InChI is InChI=1S/C10H13FN2O/c1-6-3-4-8(5-9(6)11)13-10(14)7(2)12/h3-5,7H,12H2,1-2H3,(H,13,14)/t7-/m0/s1. The number of carbonyl (C=O) groups is 1. The fraction of sp³-hybridized carbons (Fsp3) is 0.300. The van der Waals surface area contributed by atoms with Gasteiger partial charge in [0, 0.05) is 5.69 Å². The highest BCUT2D eigenvalue weighted by molar-refractivity contribution is 5.94. The Balaban J connectivity index is 2.78. The van der Waals surface area contributed by atoms with Crippen LogP contribution in [-0.4, -0.2) is 11.9 Å². The smallest absolute Gasteiger partial charge is 0.241 e. The number of hydrogen-bond acceptors (Lipinski definition) is 2. The lowest BCUT2D eigenvalue weighted by molar-refractivity contribution is -0.117. The van der Waals surface area contributed by atoms with Gasteiger partial charge in [-0.3, -0.25) is 4.79 Å². The van der Waals surface area contributed by atoms with Crippen molar-refractivity contribution in [2.45, 2.75) is 19.9 Å². The summed E-state index contributed by atoms with van der Waals surface area (Å²) in [7, 11) is 0. The van der Waals surface area contributed by atoms with Crippen LogP contribution in [0.15, 0.2) is 18.2 Å². The van der Waals surface area contributed by atoms with Crippen molar-refractivity contribution in [3.63, 3.8) is 0 Å². The van der Waals surface area contributed by atoms with Crippen molar-refractivity contribution in [1.82, 2.24) is 0 Å². The molecular weight excluding hydrogens is 183 g/mol. The van der Waals surface area contributed by atoms with E-state index in [9.17, 15) is 9.18 Å². The summed E-state index contributed by atoms with van der Waals surface area (Å²) in [4.78, 5) is 11.1. The van der Waals surface area contributed by atoms with Gasteiger partial charge >= 0.3 is 0 Å². The first-order valence-corrected chi connectivity index (χ1v) is 4.33. The van der Waals surface area contributed by atoms with E-state index < -0.39 is 6.04 Å². The van der Waals surface area contributed by atoms with Gasteiger partial charge in [0.2, 0.25) is 5.91 Å². The zero-order chi connectivity index (χ0) is 10.7. The average Bonchev–Trinajstić information content (AvgIpc) is 2.11. The second kappa shape index (κ2) is 4.19. The molecule has 0 radical (unpaired) electrons. The van der Waals surface area contributed by atoms with Crippen molar-refractivity contribution in [2.24, 2.45) is 5.73 Å². The number of nitrogens with two attached hydrogens (primary N) is 1. The second-order valence-corrected chi connectivity index (χ2v) is 3.24. The second-order valence-electron chi connectivity index (χ2n) is 3.24.